The van der Waals surface area contributed by atoms with E-state index in [0.717, 1.165) is 17.8 Å². The average molecular weight is 307 g/mol. The van der Waals surface area contributed by atoms with Crippen molar-refractivity contribution >= 4 is 5.69 Å². The molecule has 0 atom stereocenters. The molecule has 1 heterocycles. The van der Waals surface area contributed by atoms with Gasteiger partial charge in [-0.25, -0.2) is 4.98 Å². The lowest BCUT2D eigenvalue weighted by atomic mass is 10.1. The van der Waals surface area contributed by atoms with Crippen molar-refractivity contribution in [1.82, 2.24) is 9.55 Å². The lowest BCUT2D eigenvalue weighted by Crippen LogP contribution is -2.08. The molecule has 118 valence electrons. The van der Waals surface area contributed by atoms with Gasteiger partial charge in [-0.2, -0.15) is 0 Å². The number of phenolic OH excluding ortho intramolecular Hbond substituents is 1. The van der Waals surface area contributed by atoms with Gasteiger partial charge in [0.05, 0.1) is 0 Å². The highest BCUT2D eigenvalue weighted by Gasteiger charge is 2.06. The van der Waals surface area contributed by atoms with Crippen molar-refractivity contribution in [2.45, 2.75) is 13.0 Å². The molecule has 0 spiro atoms. The zero-order valence-electron chi connectivity index (χ0n) is 13.5. The first kappa shape index (κ1) is 15.2. The summed E-state index contributed by atoms with van der Waals surface area (Å²) >= 11 is 0. The van der Waals surface area contributed by atoms with Crippen molar-refractivity contribution in [3.8, 4) is 5.75 Å². The Kier molecular flexibility index (Phi) is 4.33. The van der Waals surface area contributed by atoms with Crippen LogP contribution < -0.4 is 4.90 Å². The number of aromatic hydroxyl groups is 1. The van der Waals surface area contributed by atoms with Crippen LogP contribution in [0.2, 0.25) is 0 Å². The monoisotopic (exact) mass is 307 g/mol. The van der Waals surface area contributed by atoms with Crippen LogP contribution in [0.5, 0.6) is 5.75 Å². The molecule has 1 aromatic heterocycles. The highest BCUT2D eigenvalue weighted by atomic mass is 16.3. The first-order chi connectivity index (χ1) is 11.1. The number of benzene rings is 2. The Balaban J connectivity index is 1.75. The predicted octanol–water partition coefficient (Wildman–Crippen LogP) is 3.29. The van der Waals surface area contributed by atoms with E-state index >= 15 is 0 Å². The third-order valence-electron chi connectivity index (χ3n) is 3.88. The number of phenols is 1. The topological polar surface area (TPSA) is 41.3 Å². The van der Waals surface area contributed by atoms with Gasteiger partial charge in [0.15, 0.2) is 0 Å². The van der Waals surface area contributed by atoms with E-state index < -0.39 is 0 Å². The number of nitrogens with zero attached hydrogens (tertiary/aromatic N) is 3. The third kappa shape index (κ3) is 3.72. The van der Waals surface area contributed by atoms with Crippen LogP contribution in [0.3, 0.4) is 0 Å². The summed E-state index contributed by atoms with van der Waals surface area (Å²) in [5.74, 6) is 1.31. The molecule has 4 heteroatoms. The van der Waals surface area contributed by atoms with Crippen LogP contribution in [0.4, 0.5) is 5.69 Å². The van der Waals surface area contributed by atoms with Crippen LogP contribution in [0.25, 0.3) is 0 Å². The molecule has 2 aromatic carbocycles. The summed E-state index contributed by atoms with van der Waals surface area (Å²) in [7, 11) is 4.08. The molecule has 3 aromatic rings. The van der Waals surface area contributed by atoms with Gasteiger partial charge in [-0.3, -0.25) is 0 Å². The number of rotatable bonds is 5. The molecule has 23 heavy (non-hydrogen) atoms. The molecular weight excluding hydrogens is 286 g/mol. The quantitative estimate of drug-likeness (QED) is 0.786. The predicted molar refractivity (Wildman–Crippen MR) is 93.0 cm³/mol. The molecule has 0 saturated heterocycles. The summed E-state index contributed by atoms with van der Waals surface area (Å²) in [6, 6.07) is 15.9. The van der Waals surface area contributed by atoms with E-state index in [1.807, 2.05) is 38.6 Å². The fourth-order valence-corrected chi connectivity index (χ4v) is 2.60. The zero-order chi connectivity index (χ0) is 16.2. The van der Waals surface area contributed by atoms with Gasteiger partial charge < -0.3 is 14.6 Å². The summed E-state index contributed by atoms with van der Waals surface area (Å²) in [5, 5.41) is 9.59. The second-order valence-corrected chi connectivity index (χ2v) is 5.88. The van der Waals surface area contributed by atoms with E-state index in [0.29, 0.717) is 12.3 Å². The molecule has 0 unspecified atom stereocenters. The van der Waals surface area contributed by atoms with E-state index in [4.69, 9.17) is 0 Å². The molecule has 0 aliphatic carbocycles. The largest absolute Gasteiger partial charge is 0.508 e. The van der Waals surface area contributed by atoms with Gasteiger partial charge in [0.1, 0.15) is 11.6 Å². The minimum absolute atomic E-state index is 0.295. The molecule has 0 amide bonds. The number of anilines is 1. The Hall–Kier alpha value is -2.75. The van der Waals surface area contributed by atoms with Gasteiger partial charge in [0.25, 0.3) is 0 Å². The number of hydrogen-bond donors (Lipinski definition) is 1. The van der Waals surface area contributed by atoms with E-state index in [1.165, 1.54) is 11.3 Å². The Morgan fingerprint density at radius 1 is 1.04 bits per heavy atom. The first-order valence-electron chi connectivity index (χ1n) is 7.66. The Labute approximate surface area is 136 Å². The number of aromatic nitrogens is 2. The molecule has 0 saturated carbocycles. The molecular formula is C19H21N3O. The maximum Gasteiger partial charge on any atom is 0.115 e. The van der Waals surface area contributed by atoms with Crippen molar-refractivity contribution in [1.29, 1.82) is 0 Å². The molecule has 0 aliphatic heterocycles. The number of hydrogen-bond acceptors (Lipinski definition) is 3. The van der Waals surface area contributed by atoms with E-state index in [9.17, 15) is 5.11 Å². The molecule has 0 radical (unpaired) electrons. The highest BCUT2D eigenvalue weighted by Crippen LogP contribution is 2.17. The third-order valence-corrected chi connectivity index (χ3v) is 3.88. The summed E-state index contributed by atoms with van der Waals surface area (Å²) in [5.41, 5.74) is 3.49. The lowest BCUT2D eigenvalue weighted by Gasteiger charge is -2.13. The first-order valence-corrected chi connectivity index (χ1v) is 7.66. The lowest BCUT2D eigenvalue weighted by molar-refractivity contribution is 0.474. The summed E-state index contributed by atoms with van der Waals surface area (Å²) < 4.78 is 2.12. The van der Waals surface area contributed by atoms with Gasteiger partial charge in [-0.05, 0) is 35.4 Å². The van der Waals surface area contributed by atoms with Crippen molar-refractivity contribution in [2.24, 2.45) is 0 Å². The van der Waals surface area contributed by atoms with Gasteiger partial charge in [0, 0.05) is 45.1 Å². The number of imidazole rings is 1. The summed E-state index contributed by atoms with van der Waals surface area (Å²) in [4.78, 5) is 6.57. The minimum atomic E-state index is 0.295. The van der Waals surface area contributed by atoms with E-state index in [1.54, 1.807) is 12.1 Å². The Morgan fingerprint density at radius 2 is 1.83 bits per heavy atom. The van der Waals surface area contributed by atoms with Crippen molar-refractivity contribution < 1.29 is 5.11 Å². The standard InChI is InChI=1S/C19H21N3O/c1-21(2)17-8-6-15(7-9-17)13-19-20-10-11-22(19)14-16-4-3-5-18(23)12-16/h3-12,23H,13-14H2,1-2H3. The summed E-state index contributed by atoms with van der Waals surface area (Å²) in [6.07, 6.45) is 4.60. The fourth-order valence-electron chi connectivity index (χ4n) is 2.60. The molecule has 0 bridgehead atoms. The Morgan fingerprint density at radius 3 is 2.52 bits per heavy atom. The van der Waals surface area contributed by atoms with E-state index in [-0.39, 0.29) is 0 Å². The van der Waals surface area contributed by atoms with Crippen LogP contribution >= 0.6 is 0 Å². The second kappa shape index (κ2) is 6.57. The van der Waals surface area contributed by atoms with Gasteiger partial charge in [0.2, 0.25) is 0 Å². The maximum atomic E-state index is 9.59. The fraction of sp³-hybridized carbons (Fsp3) is 0.211. The zero-order valence-corrected chi connectivity index (χ0v) is 13.5. The van der Waals surface area contributed by atoms with Crippen LogP contribution in [-0.4, -0.2) is 28.8 Å². The van der Waals surface area contributed by atoms with Crippen molar-refractivity contribution in [3.05, 3.63) is 77.9 Å². The molecule has 4 nitrogen and oxygen atoms in total. The highest BCUT2D eigenvalue weighted by molar-refractivity contribution is 5.46. The molecule has 3 rings (SSSR count). The molecule has 0 fully saturated rings. The Bertz CT molecular complexity index is 775. The normalized spacial score (nSPS) is 10.7. The smallest absolute Gasteiger partial charge is 0.115 e. The second-order valence-electron chi connectivity index (χ2n) is 5.88. The minimum Gasteiger partial charge on any atom is -0.508 e. The summed E-state index contributed by atoms with van der Waals surface area (Å²) in [6.45, 7) is 0.708. The molecule has 0 aliphatic rings. The van der Waals surface area contributed by atoms with E-state index in [2.05, 4.69) is 38.7 Å². The van der Waals surface area contributed by atoms with Crippen LogP contribution in [-0.2, 0) is 13.0 Å². The van der Waals surface area contributed by atoms with Gasteiger partial charge >= 0.3 is 0 Å². The van der Waals surface area contributed by atoms with Crippen LogP contribution in [0.1, 0.15) is 17.0 Å². The maximum absolute atomic E-state index is 9.59. The van der Waals surface area contributed by atoms with Gasteiger partial charge in [-0.1, -0.05) is 24.3 Å². The van der Waals surface area contributed by atoms with Crippen LogP contribution in [0, 0.1) is 0 Å². The molecule has 1 N–H and O–H groups in total. The average Bonchev–Trinajstić information content (AvgIpc) is 2.95. The van der Waals surface area contributed by atoms with Crippen LogP contribution in [0.15, 0.2) is 60.9 Å². The van der Waals surface area contributed by atoms with Gasteiger partial charge in [-0.15, -0.1) is 0 Å². The SMILES string of the molecule is CN(C)c1ccc(Cc2nccn2Cc2cccc(O)c2)cc1. The van der Waals surface area contributed by atoms with Crippen molar-refractivity contribution in [3.63, 3.8) is 0 Å². The van der Waals surface area contributed by atoms with Crippen molar-refractivity contribution in [2.75, 3.05) is 19.0 Å².